The summed E-state index contributed by atoms with van der Waals surface area (Å²) in [6.45, 7) is 2.30. The minimum absolute atomic E-state index is 0.0631. The summed E-state index contributed by atoms with van der Waals surface area (Å²) in [5.74, 6) is -1.36. The van der Waals surface area contributed by atoms with Crippen molar-refractivity contribution in [2.45, 2.75) is 13.3 Å². The predicted molar refractivity (Wildman–Crippen MR) is 58.2 cm³/mol. The smallest absolute Gasteiger partial charge is 0.141 e. The summed E-state index contributed by atoms with van der Waals surface area (Å²) in [7, 11) is 1.74. The zero-order chi connectivity index (χ0) is 12.1. The van der Waals surface area contributed by atoms with Crippen molar-refractivity contribution in [3.05, 3.63) is 35.4 Å². The molecule has 0 aliphatic carbocycles. The lowest BCUT2D eigenvalue weighted by molar-refractivity contribution is -0.121. The van der Waals surface area contributed by atoms with Crippen molar-refractivity contribution in [2.75, 3.05) is 13.6 Å². The molecular formula is C12H15F2NO. The van der Waals surface area contributed by atoms with E-state index in [0.717, 1.165) is 18.2 Å². The Morgan fingerprint density at radius 3 is 2.75 bits per heavy atom. The lowest BCUT2D eigenvalue weighted by atomic mass is 9.99. The van der Waals surface area contributed by atoms with Crippen LogP contribution in [0.2, 0.25) is 0 Å². The van der Waals surface area contributed by atoms with Gasteiger partial charge in [-0.25, -0.2) is 8.78 Å². The Morgan fingerprint density at radius 1 is 1.44 bits per heavy atom. The molecule has 1 aromatic rings. The Balaban J connectivity index is 2.72. The Hall–Kier alpha value is -1.29. The van der Waals surface area contributed by atoms with E-state index in [1.165, 1.54) is 0 Å². The number of carbonyl (C=O) groups excluding carboxylic acids is 1. The second-order valence-electron chi connectivity index (χ2n) is 3.84. The maximum Gasteiger partial charge on any atom is 0.141 e. The van der Waals surface area contributed by atoms with Crippen LogP contribution in [0.25, 0.3) is 0 Å². The van der Waals surface area contributed by atoms with Crippen LogP contribution < -0.4 is 5.32 Å². The van der Waals surface area contributed by atoms with Crippen molar-refractivity contribution in [3.63, 3.8) is 0 Å². The number of halogens is 2. The van der Waals surface area contributed by atoms with Crippen LogP contribution in [0.3, 0.4) is 0 Å². The molecule has 0 aromatic heterocycles. The normalized spacial score (nSPS) is 12.5. The monoisotopic (exact) mass is 227 g/mol. The fourth-order valence-electron chi connectivity index (χ4n) is 1.46. The first-order valence-electron chi connectivity index (χ1n) is 5.16. The number of hydrogen-bond acceptors (Lipinski definition) is 2. The molecule has 0 fully saturated rings. The molecule has 2 nitrogen and oxygen atoms in total. The van der Waals surface area contributed by atoms with Gasteiger partial charge in [0.15, 0.2) is 0 Å². The topological polar surface area (TPSA) is 29.1 Å². The molecule has 0 saturated heterocycles. The first-order valence-corrected chi connectivity index (χ1v) is 5.16. The first-order chi connectivity index (χ1) is 7.54. The van der Waals surface area contributed by atoms with Gasteiger partial charge >= 0.3 is 0 Å². The quantitative estimate of drug-likeness (QED) is 0.832. The van der Waals surface area contributed by atoms with Gasteiger partial charge in [-0.1, -0.05) is 6.92 Å². The largest absolute Gasteiger partial charge is 0.319 e. The van der Waals surface area contributed by atoms with Crippen LogP contribution >= 0.6 is 0 Å². The minimum Gasteiger partial charge on any atom is -0.319 e. The SMILES string of the molecule is CNCC(C)C(=O)Cc1cc(F)ccc1F. The summed E-state index contributed by atoms with van der Waals surface area (Å²) in [5.41, 5.74) is 0.118. The number of hydrogen-bond donors (Lipinski definition) is 1. The van der Waals surface area contributed by atoms with E-state index >= 15 is 0 Å². The van der Waals surface area contributed by atoms with Gasteiger partial charge in [-0.2, -0.15) is 0 Å². The lowest BCUT2D eigenvalue weighted by Gasteiger charge is -2.10. The highest BCUT2D eigenvalue weighted by Gasteiger charge is 2.15. The third-order valence-electron chi connectivity index (χ3n) is 2.43. The lowest BCUT2D eigenvalue weighted by Crippen LogP contribution is -2.25. The number of Topliss-reactive ketones (excluding diaryl/α,β-unsaturated/α-hetero) is 1. The molecule has 1 aromatic carbocycles. The van der Waals surface area contributed by atoms with Gasteiger partial charge in [-0.3, -0.25) is 4.79 Å². The molecular weight excluding hydrogens is 212 g/mol. The van der Waals surface area contributed by atoms with E-state index in [9.17, 15) is 13.6 Å². The van der Waals surface area contributed by atoms with Crippen LogP contribution in [0.15, 0.2) is 18.2 Å². The molecule has 0 aliphatic rings. The standard InChI is InChI=1S/C12H15F2NO/c1-8(7-15-2)12(16)6-9-5-10(13)3-4-11(9)14/h3-5,8,15H,6-7H2,1-2H3. The third-order valence-corrected chi connectivity index (χ3v) is 2.43. The zero-order valence-electron chi connectivity index (χ0n) is 9.39. The molecule has 16 heavy (non-hydrogen) atoms. The number of nitrogens with one attached hydrogen (secondary N) is 1. The van der Waals surface area contributed by atoms with Gasteiger partial charge in [0.2, 0.25) is 0 Å². The molecule has 88 valence electrons. The number of benzene rings is 1. The van der Waals surface area contributed by atoms with Gasteiger partial charge < -0.3 is 5.32 Å². The van der Waals surface area contributed by atoms with Crippen LogP contribution in [-0.2, 0) is 11.2 Å². The average Bonchev–Trinajstić information content (AvgIpc) is 2.23. The summed E-state index contributed by atoms with van der Waals surface area (Å²) in [5, 5.41) is 2.87. The Morgan fingerprint density at radius 2 is 2.12 bits per heavy atom. The van der Waals surface area contributed by atoms with Gasteiger partial charge in [0.25, 0.3) is 0 Å². The number of ketones is 1. The maximum absolute atomic E-state index is 13.2. The van der Waals surface area contributed by atoms with E-state index < -0.39 is 11.6 Å². The van der Waals surface area contributed by atoms with Gasteiger partial charge in [0.05, 0.1) is 0 Å². The van der Waals surface area contributed by atoms with Crippen LogP contribution in [0.1, 0.15) is 12.5 Å². The van der Waals surface area contributed by atoms with Gasteiger partial charge in [-0.15, -0.1) is 0 Å². The van der Waals surface area contributed by atoms with E-state index in [-0.39, 0.29) is 23.7 Å². The first kappa shape index (κ1) is 12.8. The minimum atomic E-state index is -0.536. The summed E-state index contributed by atoms with van der Waals surface area (Å²) in [6, 6.07) is 3.15. The van der Waals surface area contributed by atoms with Crippen molar-refractivity contribution in [3.8, 4) is 0 Å². The molecule has 0 heterocycles. The van der Waals surface area contributed by atoms with Crippen molar-refractivity contribution >= 4 is 5.78 Å². The van der Waals surface area contributed by atoms with E-state index in [1.54, 1.807) is 14.0 Å². The summed E-state index contributed by atoms with van der Waals surface area (Å²) in [4.78, 5) is 11.6. The molecule has 4 heteroatoms. The van der Waals surface area contributed by atoms with Crippen LogP contribution in [0.5, 0.6) is 0 Å². The molecule has 0 saturated carbocycles. The second-order valence-corrected chi connectivity index (χ2v) is 3.84. The fraction of sp³-hybridized carbons (Fsp3) is 0.417. The highest BCUT2D eigenvalue weighted by Crippen LogP contribution is 2.12. The predicted octanol–water partition coefficient (Wildman–Crippen LogP) is 1.93. The molecule has 0 aliphatic heterocycles. The van der Waals surface area contributed by atoms with E-state index in [1.807, 2.05) is 0 Å². The molecule has 0 amide bonds. The van der Waals surface area contributed by atoms with Crippen LogP contribution in [0.4, 0.5) is 8.78 Å². The summed E-state index contributed by atoms with van der Waals surface area (Å²) in [6.07, 6.45) is -0.0631. The van der Waals surface area contributed by atoms with Crippen molar-refractivity contribution in [2.24, 2.45) is 5.92 Å². The Bertz CT molecular complexity index is 379. The van der Waals surface area contributed by atoms with Crippen molar-refractivity contribution < 1.29 is 13.6 Å². The van der Waals surface area contributed by atoms with Crippen molar-refractivity contribution in [1.29, 1.82) is 0 Å². The second kappa shape index (κ2) is 5.70. The van der Waals surface area contributed by atoms with E-state index in [4.69, 9.17) is 0 Å². The molecule has 1 atom stereocenters. The fourth-order valence-corrected chi connectivity index (χ4v) is 1.46. The van der Waals surface area contributed by atoms with Gasteiger partial charge in [-0.05, 0) is 30.8 Å². The highest BCUT2D eigenvalue weighted by atomic mass is 19.1. The number of rotatable bonds is 5. The van der Waals surface area contributed by atoms with Gasteiger partial charge in [0, 0.05) is 18.9 Å². The van der Waals surface area contributed by atoms with E-state index in [2.05, 4.69) is 5.32 Å². The molecule has 1 rings (SSSR count). The molecule has 1 unspecified atom stereocenters. The van der Waals surface area contributed by atoms with Crippen LogP contribution in [0, 0.1) is 17.6 Å². The average molecular weight is 227 g/mol. The van der Waals surface area contributed by atoms with Crippen molar-refractivity contribution in [1.82, 2.24) is 5.32 Å². The molecule has 0 radical (unpaired) electrons. The molecule has 1 N–H and O–H groups in total. The summed E-state index contributed by atoms with van der Waals surface area (Å²) < 4.78 is 26.1. The van der Waals surface area contributed by atoms with Crippen LogP contribution in [-0.4, -0.2) is 19.4 Å². The van der Waals surface area contributed by atoms with E-state index in [0.29, 0.717) is 6.54 Å². The van der Waals surface area contributed by atoms with Gasteiger partial charge in [0.1, 0.15) is 17.4 Å². The summed E-state index contributed by atoms with van der Waals surface area (Å²) >= 11 is 0. The molecule has 0 spiro atoms. The molecule has 0 bridgehead atoms. The Kier molecular flexibility index (Phi) is 4.55. The maximum atomic E-state index is 13.2. The zero-order valence-corrected chi connectivity index (χ0v) is 9.39. The highest BCUT2D eigenvalue weighted by molar-refractivity contribution is 5.83. The third kappa shape index (κ3) is 3.38. The number of carbonyl (C=O) groups is 1. The Labute approximate surface area is 93.7 Å².